The lowest BCUT2D eigenvalue weighted by Crippen LogP contribution is -2.46. The van der Waals surface area contributed by atoms with Crippen molar-refractivity contribution in [1.82, 2.24) is 14.9 Å². The number of aromatic nitrogens is 2. The van der Waals surface area contributed by atoms with E-state index in [2.05, 4.69) is 9.97 Å². The molecule has 0 radical (unpaired) electrons. The van der Waals surface area contributed by atoms with Crippen molar-refractivity contribution in [2.45, 2.75) is 31.7 Å². The molecule has 0 bridgehead atoms. The number of nitrogens with zero attached hydrogens (tertiary/aromatic N) is 4. The Hall–Kier alpha value is -2.38. The standard InChI is InChI=1S/C16H22N4O4/c1-24-13-4-7-17-16(18-13)19-9-5-11(6-10-19)14(21)20-8-2-3-12(20)15(22)23/h4,7,11-12H,2-3,5-6,8-10H2,1H3,(H,22,23)/t12-/m1/s1. The number of carboxylic acid groups (broad SMARTS) is 1. The van der Waals surface area contributed by atoms with Crippen molar-refractivity contribution in [2.24, 2.45) is 5.92 Å². The largest absolute Gasteiger partial charge is 0.481 e. The fourth-order valence-corrected chi connectivity index (χ4v) is 3.45. The molecule has 1 aromatic rings. The number of carboxylic acids is 1. The molecule has 1 aromatic heterocycles. The van der Waals surface area contributed by atoms with Gasteiger partial charge in [0.1, 0.15) is 6.04 Å². The van der Waals surface area contributed by atoms with Gasteiger partial charge in [-0.2, -0.15) is 4.98 Å². The molecule has 2 saturated heterocycles. The number of ether oxygens (including phenoxy) is 1. The average Bonchev–Trinajstić information content (AvgIpc) is 3.11. The van der Waals surface area contributed by atoms with Crippen LogP contribution < -0.4 is 9.64 Å². The predicted octanol–water partition coefficient (Wildman–Crippen LogP) is 0.777. The zero-order chi connectivity index (χ0) is 17.1. The Kier molecular flexibility index (Phi) is 4.82. The molecule has 8 nitrogen and oxygen atoms in total. The van der Waals surface area contributed by atoms with Crippen LogP contribution >= 0.6 is 0 Å². The third kappa shape index (κ3) is 3.27. The first-order valence-electron chi connectivity index (χ1n) is 8.25. The number of piperidine rings is 1. The van der Waals surface area contributed by atoms with Gasteiger partial charge in [-0.05, 0) is 25.7 Å². The number of carbonyl (C=O) groups excluding carboxylic acids is 1. The number of rotatable bonds is 4. The summed E-state index contributed by atoms with van der Waals surface area (Å²) in [5.41, 5.74) is 0. The van der Waals surface area contributed by atoms with Gasteiger partial charge in [-0.25, -0.2) is 9.78 Å². The van der Waals surface area contributed by atoms with Gasteiger partial charge in [0.25, 0.3) is 0 Å². The SMILES string of the molecule is COc1ccnc(N2CCC(C(=O)N3CCC[C@@H]3C(=O)O)CC2)n1. The first kappa shape index (κ1) is 16.5. The number of carbonyl (C=O) groups is 2. The maximum absolute atomic E-state index is 12.7. The fraction of sp³-hybridized carbons (Fsp3) is 0.625. The highest BCUT2D eigenvalue weighted by molar-refractivity contribution is 5.85. The van der Waals surface area contributed by atoms with Gasteiger partial charge in [-0.1, -0.05) is 0 Å². The van der Waals surface area contributed by atoms with E-state index in [1.807, 2.05) is 4.90 Å². The Morgan fingerprint density at radius 1 is 1.25 bits per heavy atom. The van der Waals surface area contributed by atoms with Crippen LogP contribution in [-0.4, -0.2) is 64.6 Å². The van der Waals surface area contributed by atoms with Gasteiger partial charge in [0.05, 0.1) is 7.11 Å². The summed E-state index contributed by atoms with van der Waals surface area (Å²) in [7, 11) is 1.56. The molecule has 2 aliphatic heterocycles. The second-order valence-corrected chi connectivity index (χ2v) is 6.19. The lowest BCUT2D eigenvalue weighted by atomic mass is 9.95. The van der Waals surface area contributed by atoms with E-state index in [1.165, 1.54) is 0 Å². The molecule has 0 aromatic carbocycles. The van der Waals surface area contributed by atoms with Crippen LogP contribution in [0.5, 0.6) is 5.88 Å². The lowest BCUT2D eigenvalue weighted by Gasteiger charge is -2.34. The second-order valence-electron chi connectivity index (χ2n) is 6.19. The smallest absolute Gasteiger partial charge is 0.326 e. The summed E-state index contributed by atoms with van der Waals surface area (Å²) in [5.74, 6) is 0.0744. The Balaban J connectivity index is 1.60. The van der Waals surface area contributed by atoms with E-state index >= 15 is 0 Å². The number of likely N-dealkylation sites (tertiary alicyclic amines) is 1. The van der Waals surface area contributed by atoms with E-state index in [0.29, 0.717) is 50.7 Å². The first-order chi connectivity index (χ1) is 11.6. The summed E-state index contributed by atoms with van der Waals surface area (Å²) in [6, 6.07) is 1.04. The molecule has 0 aliphatic carbocycles. The Labute approximate surface area is 140 Å². The van der Waals surface area contributed by atoms with Crippen molar-refractivity contribution in [1.29, 1.82) is 0 Å². The van der Waals surface area contributed by atoms with E-state index < -0.39 is 12.0 Å². The topological polar surface area (TPSA) is 95.9 Å². The van der Waals surface area contributed by atoms with Gasteiger partial charge in [-0.3, -0.25) is 4.79 Å². The maximum atomic E-state index is 12.7. The van der Waals surface area contributed by atoms with Crippen LogP contribution in [0.1, 0.15) is 25.7 Å². The zero-order valence-electron chi connectivity index (χ0n) is 13.7. The van der Waals surface area contributed by atoms with Crippen LogP contribution in [0.2, 0.25) is 0 Å². The quantitative estimate of drug-likeness (QED) is 0.869. The Morgan fingerprint density at radius 3 is 2.67 bits per heavy atom. The van der Waals surface area contributed by atoms with Gasteiger partial charge >= 0.3 is 5.97 Å². The van der Waals surface area contributed by atoms with E-state index in [1.54, 1.807) is 24.3 Å². The number of methoxy groups -OCH3 is 1. The van der Waals surface area contributed by atoms with Crippen LogP contribution in [0, 0.1) is 5.92 Å². The summed E-state index contributed by atoms with van der Waals surface area (Å²) in [4.78, 5) is 36.1. The van der Waals surface area contributed by atoms with Gasteiger partial charge in [0.15, 0.2) is 0 Å². The number of amides is 1. The van der Waals surface area contributed by atoms with Crippen LogP contribution in [0.3, 0.4) is 0 Å². The van der Waals surface area contributed by atoms with Gasteiger partial charge < -0.3 is 19.6 Å². The third-order valence-corrected chi connectivity index (χ3v) is 4.77. The monoisotopic (exact) mass is 334 g/mol. The molecular formula is C16H22N4O4. The molecule has 0 saturated carbocycles. The van der Waals surface area contributed by atoms with E-state index in [9.17, 15) is 14.7 Å². The molecule has 0 spiro atoms. The highest BCUT2D eigenvalue weighted by Crippen LogP contribution is 2.27. The van der Waals surface area contributed by atoms with E-state index in [-0.39, 0.29) is 11.8 Å². The summed E-state index contributed by atoms with van der Waals surface area (Å²) in [6.07, 6.45) is 4.33. The highest BCUT2D eigenvalue weighted by Gasteiger charge is 2.38. The second kappa shape index (κ2) is 7.02. The maximum Gasteiger partial charge on any atom is 0.326 e. The summed E-state index contributed by atoms with van der Waals surface area (Å²) >= 11 is 0. The summed E-state index contributed by atoms with van der Waals surface area (Å²) < 4.78 is 5.11. The normalized spacial score (nSPS) is 21.8. The molecule has 2 aliphatic rings. The molecule has 3 heterocycles. The predicted molar refractivity (Wildman–Crippen MR) is 85.9 cm³/mol. The Morgan fingerprint density at radius 2 is 2.00 bits per heavy atom. The number of hydrogen-bond donors (Lipinski definition) is 1. The van der Waals surface area contributed by atoms with Crippen molar-refractivity contribution >= 4 is 17.8 Å². The van der Waals surface area contributed by atoms with Crippen molar-refractivity contribution in [3.8, 4) is 5.88 Å². The van der Waals surface area contributed by atoms with Gasteiger partial charge in [0.2, 0.25) is 17.7 Å². The summed E-state index contributed by atoms with van der Waals surface area (Å²) in [6.45, 7) is 1.90. The molecule has 130 valence electrons. The summed E-state index contributed by atoms with van der Waals surface area (Å²) in [5, 5.41) is 9.24. The molecule has 8 heteroatoms. The van der Waals surface area contributed by atoms with Crippen molar-refractivity contribution in [3.63, 3.8) is 0 Å². The van der Waals surface area contributed by atoms with Crippen molar-refractivity contribution < 1.29 is 19.4 Å². The van der Waals surface area contributed by atoms with E-state index in [0.717, 1.165) is 6.42 Å². The van der Waals surface area contributed by atoms with Gasteiger partial charge in [-0.15, -0.1) is 0 Å². The lowest BCUT2D eigenvalue weighted by molar-refractivity contribution is -0.150. The minimum atomic E-state index is -0.900. The molecule has 1 N–H and O–H groups in total. The molecular weight excluding hydrogens is 312 g/mol. The fourth-order valence-electron chi connectivity index (χ4n) is 3.45. The van der Waals surface area contributed by atoms with Crippen LogP contribution in [0.25, 0.3) is 0 Å². The van der Waals surface area contributed by atoms with Crippen LogP contribution in [0.15, 0.2) is 12.3 Å². The van der Waals surface area contributed by atoms with Crippen LogP contribution in [-0.2, 0) is 9.59 Å². The molecule has 3 rings (SSSR count). The van der Waals surface area contributed by atoms with E-state index in [4.69, 9.17) is 4.74 Å². The first-order valence-corrected chi connectivity index (χ1v) is 8.25. The molecule has 2 fully saturated rings. The zero-order valence-corrected chi connectivity index (χ0v) is 13.7. The Bertz CT molecular complexity index is 616. The van der Waals surface area contributed by atoms with Crippen molar-refractivity contribution in [3.05, 3.63) is 12.3 Å². The minimum Gasteiger partial charge on any atom is -0.481 e. The minimum absolute atomic E-state index is 0.0221. The van der Waals surface area contributed by atoms with Crippen LogP contribution in [0.4, 0.5) is 5.95 Å². The number of anilines is 1. The molecule has 1 atom stereocenters. The molecule has 0 unspecified atom stereocenters. The highest BCUT2D eigenvalue weighted by atomic mass is 16.5. The number of aliphatic carboxylic acids is 1. The van der Waals surface area contributed by atoms with Crippen molar-refractivity contribution in [2.75, 3.05) is 31.6 Å². The number of hydrogen-bond acceptors (Lipinski definition) is 6. The molecule has 24 heavy (non-hydrogen) atoms. The molecule has 1 amide bonds. The van der Waals surface area contributed by atoms with Gasteiger partial charge in [0, 0.05) is 37.8 Å². The third-order valence-electron chi connectivity index (χ3n) is 4.77. The average molecular weight is 334 g/mol.